The average Bonchev–Trinajstić information content (AvgIpc) is 2.86. The fourth-order valence-electron chi connectivity index (χ4n) is 2.87. The summed E-state index contributed by atoms with van der Waals surface area (Å²) in [4.78, 5) is 12.1. The molecule has 0 radical (unpaired) electrons. The average molecular weight is 352 g/mol. The van der Waals surface area contributed by atoms with Gasteiger partial charge in [-0.3, -0.25) is 4.79 Å². The zero-order chi connectivity index (χ0) is 14.5. The summed E-state index contributed by atoms with van der Waals surface area (Å²) in [6, 6.07) is -0.105. The Balaban J connectivity index is 0.00000220. The van der Waals surface area contributed by atoms with Crippen LogP contribution in [0.2, 0.25) is 0 Å². The smallest absolute Gasteiger partial charge is 0.220 e. The van der Waals surface area contributed by atoms with Gasteiger partial charge in [0.05, 0.1) is 6.04 Å². The van der Waals surface area contributed by atoms with E-state index >= 15 is 0 Å². The summed E-state index contributed by atoms with van der Waals surface area (Å²) in [6.45, 7) is 6.25. The number of amides is 1. The summed E-state index contributed by atoms with van der Waals surface area (Å²) >= 11 is 0. The number of hydrogen-bond donors (Lipinski definition) is 2. The predicted molar refractivity (Wildman–Crippen MR) is 91.4 cm³/mol. The lowest BCUT2D eigenvalue weighted by Crippen LogP contribution is -2.36. The van der Waals surface area contributed by atoms with Crippen molar-refractivity contribution < 1.29 is 4.79 Å². The van der Waals surface area contributed by atoms with Crippen molar-refractivity contribution in [2.75, 3.05) is 13.1 Å². The molecule has 0 aromatic carbocycles. The molecule has 1 aromatic heterocycles. The van der Waals surface area contributed by atoms with Gasteiger partial charge in [-0.05, 0) is 44.7 Å². The van der Waals surface area contributed by atoms with E-state index in [0.29, 0.717) is 18.3 Å². The van der Waals surface area contributed by atoms with Crippen molar-refractivity contribution in [2.45, 2.75) is 39.2 Å². The summed E-state index contributed by atoms with van der Waals surface area (Å²) in [5, 5.41) is 14.3. The maximum atomic E-state index is 12.1. The van der Waals surface area contributed by atoms with Crippen molar-refractivity contribution in [3.8, 4) is 0 Å². The van der Waals surface area contributed by atoms with E-state index in [0.717, 1.165) is 18.9 Å². The van der Waals surface area contributed by atoms with Crippen molar-refractivity contribution in [3.05, 3.63) is 12.2 Å². The first kappa shape index (κ1) is 21.1. The fraction of sp³-hybridized carbons (Fsp3) is 0.786. The molecular formula is C14H27Cl2N5O. The zero-order valence-electron chi connectivity index (χ0n) is 13.4. The standard InChI is InChI=1S/C14H25N5O.2ClH/c1-10(12-5-4-6-15-8-12)7-13(20)17-11(2)14-18-16-9-19(14)3;;/h9-12,15H,4-8H2,1-3H3,(H,17,20);2*1H. The molecule has 0 saturated carbocycles. The van der Waals surface area contributed by atoms with Gasteiger partial charge in [-0.2, -0.15) is 0 Å². The van der Waals surface area contributed by atoms with Gasteiger partial charge in [0.1, 0.15) is 6.33 Å². The molecule has 1 aliphatic heterocycles. The van der Waals surface area contributed by atoms with Gasteiger partial charge in [-0.15, -0.1) is 35.0 Å². The Kier molecular flexibility index (Phi) is 9.64. The molecule has 1 amide bonds. The monoisotopic (exact) mass is 351 g/mol. The number of nitrogens with zero attached hydrogens (tertiary/aromatic N) is 3. The number of aromatic nitrogens is 3. The van der Waals surface area contributed by atoms with E-state index in [2.05, 4.69) is 27.8 Å². The van der Waals surface area contributed by atoms with Gasteiger partial charge >= 0.3 is 0 Å². The highest BCUT2D eigenvalue weighted by Gasteiger charge is 2.23. The first-order valence-corrected chi connectivity index (χ1v) is 7.42. The van der Waals surface area contributed by atoms with Crippen molar-refractivity contribution >= 4 is 30.7 Å². The van der Waals surface area contributed by atoms with E-state index in [1.165, 1.54) is 12.8 Å². The lowest BCUT2D eigenvalue weighted by Gasteiger charge is -2.28. The van der Waals surface area contributed by atoms with Crippen LogP contribution in [0.4, 0.5) is 0 Å². The summed E-state index contributed by atoms with van der Waals surface area (Å²) in [7, 11) is 1.88. The van der Waals surface area contributed by atoms with E-state index in [9.17, 15) is 4.79 Å². The molecule has 22 heavy (non-hydrogen) atoms. The maximum Gasteiger partial charge on any atom is 0.220 e. The maximum absolute atomic E-state index is 12.1. The molecule has 3 unspecified atom stereocenters. The lowest BCUT2D eigenvalue weighted by molar-refractivity contribution is -0.123. The Hall–Kier alpha value is -0.850. The molecule has 2 rings (SSSR count). The molecule has 0 bridgehead atoms. The highest BCUT2D eigenvalue weighted by Crippen LogP contribution is 2.22. The number of aryl methyl sites for hydroxylation is 1. The van der Waals surface area contributed by atoms with Crippen molar-refractivity contribution in [3.63, 3.8) is 0 Å². The van der Waals surface area contributed by atoms with Crippen LogP contribution in [0.15, 0.2) is 6.33 Å². The second-order valence-corrected chi connectivity index (χ2v) is 5.88. The van der Waals surface area contributed by atoms with Gasteiger partial charge < -0.3 is 15.2 Å². The normalized spacial score (nSPS) is 20.2. The minimum absolute atomic E-state index is 0. The van der Waals surface area contributed by atoms with Gasteiger partial charge in [0.15, 0.2) is 5.82 Å². The number of carbonyl (C=O) groups is 1. The summed E-state index contributed by atoms with van der Waals surface area (Å²) < 4.78 is 1.83. The van der Waals surface area contributed by atoms with Crippen molar-refractivity contribution in [1.82, 2.24) is 25.4 Å². The molecule has 3 atom stereocenters. The molecule has 0 aliphatic carbocycles. The van der Waals surface area contributed by atoms with Crippen LogP contribution >= 0.6 is 24.8 Å². The van der Waals surface area contributed by atoms with E-state index in [4.69, 9.17) is 0 Å². The largest absolute Gasteiger partial charge is 0.346 e. The molecular weight excluding hydrogens is 325 g/mol. The number of hydrogen-bond acceptors (Lipinski definition) is 4. The summed E-state index contributed by atoms with van der Waals surface area (Å²) in [6.07, 6.45) is 4.66. The Morgan fingerprint density at radius 1 is 1.50 bits per heavy atom. The third kappa shape index (κ3) is 5.74. The summed E-state index contributed by atoms with van der Waals surface area (Å²) in [5.74, 6) is 1.90. The molecule has 1 aromatic rings. The topological polar surface area (TPSA) is 71.8 Å². The first-order valence-electron chi connectivity index (χ1n) is 7.42. The molecule has 1 saturated heterocycles. The number of piperidine rings is 1. The highest BCUT2D eigenvalue weighted by atomic mass is 35.5. The quantitative estimate of drug-likeness (QED) is 0.849. The van der Waals surface area contributed by atoms with Crippen LogP contribution in [0.1, 0.15) is 45.0 Å². The Labute approximate surface area is 144 Å². The van der Waals surface area contributed by atoms with Gasteiger partial charge in [-0.1, -0.05) is 6.92 Å². The molecule has 8 heteroatoms. The third-order valence-corrected chi connectivity index (χ3v) is 4.16. The highest BCUT2D eigenvalue weighted by molar-refractivity contribution is 5.85. The van der Waals surface area contributed by atoms with Gasteiger partial charge in [0.2, 0.25) is 5.91 Å². The van der Waals surface area contributed by atoms with Crippen LogP contribution in [-0.4, -0.2) is 33.8 Å². The number of carbonyl (C=O) groups excluding carboxylic acids is 1. The van der Waals surface area contributed by atoms with Crippen LogP contribution in [0.25, 0.3) is 0 Å². The van der Waals surface area contributed by atoms with Gasteiger partial charge in [0.25, 0.3) is 0 Å². The van der Waals surface area contributed by atoms with Gasteiger partial charge in [0, 0.05) is 13.5 Å². The van der Waals surface area contributed by atoms with Gasteiger partial charge in [-0.25, -0.2) is 0 Å². The molecule has 128 valence electrons. The summed E-state index contributed by atoms with van der Waals surface area (Å²) in [5.41, 5.74) is 0. The van der Waals surface area contributed by atoms with E-state index < -0.39 is 0 Å². The predicted octanol–water partition coefficient (Wildman–Crippen LogP) is 1.86. The number of nitrogens with one attached hydrogen (secondary N) is 2. The fourth-order valence-corrected chi connectivity index (χ4v) is 2.87. The molecule has 2 N–H and O–H groups in total. The SMILES string of the molecule is CC(NC(=O)CC(C)C1CCCNC1)c1nncn1C.Cl.Cl. The van der Waals surface area contributed by atoms with Crippen LogP contribution in [0, 0.1) is 11.8 Å². The third-order valence-electron chi connectivity index (χ3n) is 4.16. The zero-order valence-corrected chi connectivity index (χ0v) is 15.0. The molecule has 2 heterocycles. The molecule has 6 nitrogen and oxygen atoms in total. The van der Waals surface area contributed by atoms with Crippen LogP contribution < -0.4 is 10.6 Å². The second kappa shape index (κ2) is 10.0. The van der Waals surface area contributed by atoms with Crippen LogP contribution in [0.5, 0.6) is 0 Å². The minimum Gasteiger partial charge on any atom is -0.346 e. The second-order valence-electron chi connectivity index (χ2n) is 5.88. The molecule has 1 fully saturated rings. The van der Waals surface area contributed by atoms with E-state index in [-0.39, 0.29) is 36.8 Å². The minimum atomic E-state index is -0.105. The van der Waals surface area contributed by atoms with Crippen LogP contribution in [0.3, 0.4) is 0 Å². The molecule has 0 spiro atoms. The number of halogens is 2. The number of rotatable bonds is 5. The Bertz CT molecular complexity index is 448. The van der Waals surface area contributed by atoms with E-state index in [1.807, 2.05) is 18.5 Å². The van der Waals surface area contributed by atoms with Crippen LogP contribution in [-0.2, 0) is 11.8 Å². The van der Waals surface area contributed by atoms with Crippen molar-refractivity contribution in [1.29, 1.82) is 0 Å². The lowest BCUT2D eigenvalue weighted by atomic mass is 9.85. The molecule has 1 aliphatic rings. The van der Waals surface area contributed by atoms with Crippen molar-refractivity contribution in [2.24, 2.45) is 18.9 Å². The van der Waals surface area contributed by atoms with E-state index in [1.54, 1.807) is 6.33 Å². The Morgan fingerprint density at radius 2 is 2.23 bits per heavy atom. The first-order chi connectivity index (χ1) is 9.58. The Morgan fingerprint density at radius 3 is 2.77 bits per heavy atom.